The van der Waals surface area contributed by atoms with Gasteiger partial charge in [-0.2, -0.15) is 0 Å². The Labute approximate surface area is 167 Å². The molecule has 0 saturated heterocycles. The third kappa shape index (κ3) is 3.76. The lowest BCUT2D eigenvalue weighted by molar-refractivity contribution is -0.142. The molecular weight excluding hydrogens is 409 g/mol. The van der Waals surface area contributed by atoms with Crippen LogP contribution in [0.25, 0.3) is 31.5 Å². The van der Waals surface area contributed by atoms with Crippen molar-refractivity contribution in [3.63, 3.8) is 0 Å². The molecule has 0 spiro atoms. The third-order valence-corrected chi connectivity index (χ3v) is 6.12. The lowest BCUT2D eigenvalue weighted by Gasteiger charge is -2.00. The van der Waals surface area contributed by atoms with Crippen LogP contribution in [-0.4, -0.2) is 17.6 Å². The van der Waals surface area contributed by atoms with Crippen LogP contribution in [0.2, 0.25) is 4.34 Å². The number of benzene rings is 1. The van der Waals surface area contributed by atoms with E-state index in [1.54, 1.807) is 19.1 Å². The first kappa shape index (κ1) is 18.2. The lowest BCUT2D eigenvalue weighted by Crippen LogP contribution is -2.08. The average molecular weight is 422 g/mol. The Bertz CT molecular complexity index is 1130. The van der Waals surface area contributed by atoms with Gasteiger partial charge in [0, 0.05) is 4.70 Å². The predicted octanol–water partition coefficient (Wildman–Crippen LogP) is 6.18. The topological polar surface area (TPSA) is 52.3 Å². The minimum absolute atomic E-state index is 0.00170. The molecule has 0 radical (unpaired) electrons. The molecule has 3 aromatic heterocycles. The van der Waals surface area contributed by atoms with Gasteiger partial charge in [0.25, 0.3) is 0 Å². The highest BCUT2D eigenvalue weighted by molar-refractivity contribution is 7.22. The number of nitrogens with zero attached hydrogens (tertiary/aromatic N) is 1. The van der Waals surface area contributed by atoms with Crippen LogP contribution in [0.5, 0.6) is 0 Å². The summed E-state index contributed by atoms with van der Waals surface area (Å²) in [4.78, 5) is 18.0. The number of rotatable bonds is 5. The van der Waals surface area contributed by atoms with Crippen molar-refractivity contribution < 1.29 is 18.3 Å². The van der Waals surface area contributed by atoms with Crippen LogP contribution < -0.4 is 0 Å². The molecule has 0 aliphatic carbocycles. The molecule has 4 rings (SSSR count). The van der Waals surface area contributed by atoms with Gasteiger partial charge >= 0.3 is 5.97 Å². The third-order valence-electron chi connectivity index (χ3n) is 3.80. The molecule has 4 nitrogen and oxygen atoms in total. The molecule has 8 heteroatoms. The fourth-order valence-electron chi connectivity index (χ4n) is 2.66. The molecule has 0 saturated carbocycles. The van der Waals surface area contributed by atoms with Crippen molar-refractivity contribution in [1.82, 2.24) is 4.98 Å². The average Bonchev–Trinajstić information content (AvgIpc) is 3.32. The van der Waals surface area contributed by atoms with Crippen molar-refractivity contribution in [2.75, 3.05) is 6.61 Å². The first-order valence-electron chi connectivity index (χ1n) is 8.14. The Balaban J connectivity index is 1.78. The molecule has 27 heavy (non-hydrogen) atoms. The number of hydrogen-bond donors (Lipinski definition) is 0. The van der Waals surface area contributed by atoms with E-state index >= 15 is 0 Å². The maximum absolute atomic E-state index is 13.5. The number of fused-ring (bicyclic) bond motifs is 1. The molecular formula is C19H13ClFNO3S2. The first-order chi connectivity index (χ1) is 13.0. The highest BCUT2D eigenvalue weighted by atomic mass is 35.5. The van der Waals surface area contributed by atoms with Gasteiger partial charge < -0.3 is 9.15 Å². The van der Waals surface area contributed by atoms with Gasteiger partial charge in [-0.3, -0.25) is 4.79 Å². The zero-order chi connectivity index (χ0) is 19.0. The fourth-order valence-corrected chi connectivity index (χ4v) is 4.73. The standard InChI is InChI=1S/C19H13ClFNO3S2/c1-2-24-17(23)9-12-18(13-5-6-16(20)27-13)25-19(22-12)15-7-10-3-4-11(21)8-14(10)26-15/h3-8H,2,9H2,1H3. The van der Waals surface area contributed by atoms with E-state index in [9.17, 15) is 9.18 Å². The number of oxazole rings is 1. The molecule has 0 aliphatic heterocycles. The monoisotopic (exact) mass is 421 g/mol. The second kappa shape index (κ2) is 7.42. The van der Waals surface area contributed by atoms with Gasteiger partial charge in [-0.05, 0) is 42.6 Å². The van der Waals surface area contributed by atoms with Crippen molar-refractivity contribution in [2.45, 2.75) is 13.3 Å². The minimum atomic E-state index is -0.375. The first-order valence-corrected chi connectivity index (χ1v) is 10.1. The second-order valence-corrected chi connectivity index (χ2v) is 8.47. The van der Waals surface area contributed by atoms with Crippen molar-refractivity contribution in [3.8, 4) is 21.4 Å². The number of carbonyl (C=O) groups is 1. The maximum atomic E-state index is 13.5. The smallest absolute Gasteiger partial charge is 0.312 e. The van der Waals surface area contributed by atoms with E-state index in [1.165, 1.54) is 34.8 Å². The molecule has 0 atom stereocenters. The molecule has 0 unspecified atom stereocenters. The lowest BCUT2D eigenvalue weighted by atomic mass is 10.2. The van der Waals surface area contributed by atoms with Crippen molar-refractivity contribution in [3.05, 3.63) is 52.2 Å². The number of aromatic nitrogens is 1. The summed E-state index contributed by atoms with van der Waals surface area (Å²) in [6.07, 6.45) is 0.00170. The Kier molecular flexibility index (Phi) is 4.99. The minimum Gasteiger partial charge on any atom is -0.466 e. The molecule has 0 aliphatic rings. The van der Waals surface area contributed by atoms with Gasteiger partial charge in [0.1, 0.15) is 5.82 Å². The van der Waals surface area contributed by atoms with Crippen LogP contribution in [-0.2, 0) is 16.0 Å². The zero-order valence-electron chi connectivity index (χ0n) is 14.1. The largest absolute Gasteiger partial charge is 0.466 e. The highest BCUT2D eigenvalue weighted by Gasteiger charge is 2.22. The molecule has 0 N–H and O–H groups in total. The number of carbonyl (C=O) groups excluding carboxylic acids is 1. The van der Waals surface area contributed by atoms with E-state index < -0.39 is 0 Å². The van der Waals surface area contributed by atoms with Crippen LogP contribution in [0.15, 0.2) is 40.8 Å². The molecule has 0 bridgehead atoms. The van der Waals surface area contributed by atoms with Gasteiger partial charge in [0.2, 0.25) is 5.89 Å². The predicted molar refractivity (Wildman–Crippen MR) is 106 cm³/mol. The Morgan fingerprint density at radius 1 is 1.22 bits per heavy atom. The Morgan fingerprint density at radius 2 is 2.07 bits per heavy atom. The number of ether oxygens (including phenoxy) is 1. The molecule has 0 fully saturated rings. The number of halogens is 2. The molecule has 0 amide bonds. The molecule has 3 heterocycles. The van der Waals surface area contributed by atoms with E-state index in [2.05, 4.69) is 4.98 Å². The maximum Gasteiger partial charge on any atom is 0.312 e. The number of hydrogen-bond acceptors (Lipinski definition) is 6. The van der Waals surface area contributed by atoms with Crippen molar-refractivity contribution in [1.29, 1.82) is 0 Å². The summed E-state index contributed by atoms with van der Waals surface area (Å²) in [7, 11) is 0. The van der Waals surface area contributed by atoms with Gasteiger partial charge in [-0.25, -0.2) is 9.37 Å². The van der Waals surface area contributed by atoms with Crippen LogP contribution in [0.3, 0.4) is 0 Å². The summed E-state index contributed by atoms with van der Waals surface area (Å²) in [5.41, 5.74) is 0.491. The van der Waals surface area contributed by atoms with Gasteiger partial charge in [-0.15, -0.1) is 22.7 Å². The van der Waals surface area contributed by atoms with E-state index in [4.69, 9.17) is 20.8 Å². The van der Waals surface area contributed by atoms with Crippen LogP contribution in [0.4, 0.5) is 4.39 Å². The van der Waals surface area contributed by atoms with E-state index in [-0.39, 0.29) is 18.2 Å². The van der Waals surface area contributed by atoms with Crippen molar-refractivity contribution in [2.24, 2.45) is 0 Å². The summed E-state index contributed by atoms with van der Waals surface area (Å²) in [6, 6.07) is 10.1. The zero-order valence-corrected chi connectivity index (χ0v) is 16.5. The van der Waals surface area contributed by atoms with Crippen LogP contribution >= 0.6 is 34.3 Å². The summed E-state index contributed by atoms with van der Waals surface area (Å²) in [6.45, 7) is 2.05. The molecule has 138 valence electrons. The summed E-state index contributed by atoms with van der Waals surface area (Å²) >= 11 is 8.77. The molecule has 1 aromatic carbocycles. The second-order valence-electron chi connectivity index (χ2n) is 5.67. The SMILES string of the molecule is CCOC(=O)Cc1nc(-c2cc3ccc(F)cc3s2)oc1-c1ccc(Cl)s1. The van der Waals surface area contributed by atoms with Gasteiger partial charge in [-0.1, -0.05) is 17.7 Å². The van der Waals surface area contributed by atoms with E-state index in [0.717, 1.165) is 19.8 Å². The summed E-state index contributed by atoms with van der Waals surface area (Å²) in [5.74, 6) is 0.217. The van der Waals surface area contributed by atoms with Crippen molar-refractivity contribution >= 4 is 50.3 Å². The van der Waals surface area contributed by atoms with Crippen LogP contribution in [0, 0.1) is 5.82 Å². The normalized spacial score (nSPS) is 11.2. The van der Waals surface area contributed by atoms with Crippen LogP contribution in [0.1, 0.15) is 12.6 Å². The Morgan fingerprint density at radius 3 is 2.81 bits per heavy atom. The van der Waals surface area contributed by atoms with Gasteiger partial charge in [0.15, 0.2) is 5.76 Å². The molecule has 4 aromatic rings. The number of esters is 1. The van der Waals surface area contributed by atoms with E-state index in [1.807, 2.05) is 12.1 Å². The fraction of sp³-hybridized carbons (Fsp3) is 0.158. The quantitative estimate of drug-likeness (QED) is 0.361. The number of thiophene rings is 2. The summed E-state index contributed by atoms with van der Waals surface area (Å²) in [5, 5.41) is 0.905. The van der Waals surface area contributed by atoms with Gasteiger partial charge in [0.05, 0.1) is 32.8 Å². The highest BCUT2D eigenvalue weighted by Crippen LogP contribution is 2.39. The summed E-state index contributed by atoms with van der Waals surface area (Å²) < 4.78 is 25.9. The Hall–Kier alpha value is -2.22. The van der Waals surface area contributed by atoms with E-state index in [0.29, 0.717) is 28.3 Å².